The van der Waals surface area contributed by atoms with Gasteiger partial charge in [-0.15, -0.1) is 0 Å². The number of para-hydroxylation sites is 2. The largest absolute Gasteiger partial charge is 0.455 e. The number of furan rings is 1. The third-order valence-corrected chi connectivity index (χ3v) is 8.03. The quantitative estimate of drug-likeness (QED) is 0.193. The highest BCUT2D eigenvalue weighted by Crippen LogP contribution is 2.41. The average Bonchev–Trinajstić information content (AvgIpc) is 3.51. The SMILES string of the molecule is c1ccc(-c2nc(-c3cccc(-c4nc5ccccc5c5c4ccc4c6ccccc6oc45)c3)nc(-c3ccccn3)n2)nc1. The summed E-state index contributed by atoms with van der Waals surface area (Å²) >= 11 is 0. The Bertz CT molecular complexity index is 2490. The molecule has 0 unspecified atom stereocenters. The van der Waals surface area contributed by atoms with Gasteiger partial charge in [-0.05, 0) is 48.5 Å². The summed E-state index contributed by atoms with van der Waals surface area (Å²) in [5.41, 5.74) is 6.58. The Kier molecular flexibility index (Phi) is 5.67. The van der Waals surface area contributed by atoms with Crippen LogP contribution < -0.4 is 0 Å². The second kappa shape index (κ2) is 10.1. The lowest BCUT2D eigenvalue weighted by Gasteiger charge is -2.12. The molecule has 210 valence electrons. The molecule has 0 fully saturated rings. The molecule has 9 aromatic rings. The minimum atomic E-state index is 0.480. The maximum Gasteiger partial charge on any atom is 0.182 e. The summed E-state index contributed by atoms with van der Waals surface area (Å²) in [4.78, 5) is 28.6. The lowest BCUT2D eigenvalue weighted by atomic mass is 9.97. The molecule has 0 aliphatic rings. The monoisotopic (exact) mass is 578 g/mol. The van der Waals surface area contributed by atoms with E-state index in [1.54, 1.807) is 12.4 Å². The molecular weight excluding hydrogens is 556 g/mol. The van der Waals surface area contributed by atoms with Crippen LogP contribution in [0.1, 0.15) is 0 Å². The Morgan fingerprint density at radius 3 is 1.84 bits per heavy atom. The molecule has 0 amide bonds. The zero-order chi connectivity index (χ0) is 29.7. The summed E-state index contributed by atoms with van der Waals surface area (Å²) in [6.07, 6.45) is 3.46. The Labute approximate surface area is 256 Å². The number of rotatable bonds is 4. The summed E-state index contributed by atoms with van der Waals surface area (Å²) < 4.78 is 6.50. The van der Waals surface area contributed by atoms with Gasteiger partial charge in [0.15, 0.2) is 17.5 Å². The Balaban J connectivity index is 1.27. The van der Waals surface area contributed by atoms with Crippen molar-refractivity contribution in [1.29, 1.82) is 0 Å². The Hall–Kier alpha value is -6.34. The third-order valence-electron chi connectivity index (χ3n) is 8.03. The summed E-state index contributed by atoms with van der Waals surface area (Å²) in [7, 11) is 0. The van der Waals surface area contributed by atoms with Crippen molar-refractivity contribution in [2.75, 3.05) is 0 Å². The number of hydrogen-bond donors (Lipinski definition) is 0. The Morgan fingerprint density at radius 2 is 1.09 bits per heavy atom. The number of pyridine rings is 3. The molecule has 0 spiro atoms. The van der Waals surface area contributed by atoms with Crippen molar-refractivity contribution in [3.8, 4) is 45.7 Å². The fourth-order valence-corrected chi connectivity index (χ4v) is 5.97. The highest BCUT2D eigenvalue weighted by atomic mass is 16.3. The molecule has 5 heterocycles. The van der Waals surface area contributed by atoms with Gasteiger partial charge in [-0.25, -0.2) is 19.9 Å². The van der Waals surface area contributed by atoms with Crippen molar-refractivity contribution < 1.29 is 4.42 Å². The van der Waals surface area contributed by atoms with Crippen LogP contribution in [0.4, 0.5) is 0 Å². The van der Waals surface area contributed by atoms with E-state index in [4.69, 9.17) is 24.4 Å². The first-order chi connectivity index (χ1) is 22.3. The van der Waals surface area contributed by atoms with Crippen molar-refractivity contribution in [3.63, 3.8) is 0 Å². The minimum Gasteiger partial charge on any atom is -0.455 e. The van der Waals surface area contributed by atoms with E-state index < -0.39 is 0 Å². The van der Waals surface area contributed by atoms with E-state index in [2.05, 4.69) is 46.4 Å². The summed E-state index contributed by atoms with van der Waals surface area (Å²) in [6, 6.07) is 40.2. The molecular formula is C38H22N6O. The van der Waals surface area contributed by atoms with Gasteiger partial charge in [0, 0.05) is 50.5 Å². The van der Waals surface area contributed by atoms with Crippen molar-refractivity contribution in [2.45, 2.75) is 0 Å². The van der Waals surface area contributed by atoms with Crippen molar-refractivity contribution in [2.24, 2.45) is 0 Å². The first-order valence-electron chi connectivity index (χ1n) is 14.6. The second-order valence-electron chi connectivity index (χ2n) is 10.8. The van der Waals surface area contributed by atoms with E-state index in [0.29, 0.717) is 28.9 Å². The van der Waals surface area contributed by atoms with Crippen LogP contribution in [0.15, 0.2) is 138 Å². The summed E-state index contributed by atoms with van der Waals surface area (Å²) in [5, 5.41) is 5.29. The number of fused-ring (bicyclic) bond motifs is 7. The van der Waals surface area contributed by atoms with Gasteiger partial charge in [-0.1, -0.05) is 72.8 Å². The maximum atomic E-state index is 6.50. The van der Waals surface area contributed by atoms with E-state index in [0.717, 1.165) is 60.4 Å². The predicted octanol–water partition coefficient (Wildman–Crippen LogP) is 8.93. The van der Waals surface area contributed by atoms with E-state index in [1.165, 1.54) is 0 Å². The molecule has 9 rings (SSSR count). The summed E-state index contributed by atoms with van der Waals surface area (Å²) in [6.45, 7) is 0. The molecule has 7 heteroatoms. The van der Waals surface area contributed by atoms with E-state index in [1.807, 2.05) is 84.9 Å². The van der Waals surface area contributed by atoms with Gasteiger partial charge in [-0.2, -0.15) is 0 Å². The fraction of sp³-hybridized carbons (Fsp3) is 0. The van der Waals surface area contributed by atoms with Crippen LogP contribution in [0.5, 0.6) is 0 Å². The molecule has 0 aliphatic heterocycles. The molecule has 0 radical (unpaired) electrons. The standard InChI is InChI=1S/C38H22N6O/c1-3-14-29-27(13-1)33-28(19-18-26-25-12-2-4-17-32(25)45-35(26)33)34(41-29)23-10-9-11-24(22-23)36-42-37(30-15-5-7-20-39-30)44-38(43-36)31-16-6-8-21-40-31/h1-22H. The van der Waals surface area contributed by atoms with Crippen LogP contribution in [-0.4, -0.2) is 29.9 Å². The van der Waals surface area contributed by atoms with Crippen LogP contribution in [0.3, 0.4) is 0 Å². The molecule has 0 N–H and O–H groups in total. The maximum absolute atomic E-state index is 6.50. The molecule has 0 atom stereocenters. The first-order valence-corrected chi connectivity index (χ1v) is 14.6. The number of nitrogens with zero attached hydrogens (tertiary/aromatic N) is 6. The van der Waals surface area contributed by atoms with Crippen molar-refractivity contribution in [1.82, 2.24) is 29.9 Å². The van der Waals surface area contributed by atoms with Crippen molar-refractivity contribution in [3.05, 3.63) is 134 Å². The molecule has 4 aromatic carbocycles. The highest BCUT2D eigenvalue weighted by molar-refractivity contribution is 6.24. The third kappa shape index (κ3) is 4.21. The zero-order valence-corrected chi connectivity index (χ0v) is 23.8. The lowest BCUT2D eigenvalue weighted by Crippen LogP contribution is -2.02. The minimum absolute atomic E-state index is 0.480. The molecule has 45 heavy (non-hydrogen) atoms. The predicted molar refractivity (Wildman–Crippen MR) is 177 cm³/mol. The smallest absolute Gasteiger partial charge is 0.182 e. The van der Waals surface area contributed by atoms with Gasteiger partial charge in [0.05, 0.1) is 11.2 Å². The molecule has 0 saturated heterocycles. The zero-order valence-electron chi connectivity index (χ0n) is 23.8. The van der Waals surface area contributed by atoms with Gasteiger partial charge in [-0.3, -0.25) is 9.97 Å². The van der Waals surface area contributed by atoms with Gasteiger partial charge >= 0.3 is 0 Å². The number of aromatic nitrogens is 6. The first kappa shape index (κ1) is 25.2. The van der Waals surface area contributed by atoms with Crippen LogP contribution in [-0.2, 0) is 0 Å². The molecule has 7 nitrogen and oxygen atoms in total. The van der Waals surface area contributed by atoms with Gasteiger partial charge in [0.2, 0.25) is 0 Å². The van der Waals surface area contributed by atoms with Crippen LogP contribution >= 0.6 is 0 Å². The second-order valence-corrected chi connectivity index (χ2v) is 10.8. The average molecular weight is 579 g/mol. The van der Waals surface area contributed by atoms with Crippen LogP contribution in [0.25, 0.3) is 89.3 Å². The lowest BCUT2D eigenvalue weighted by molar-refractivity contribution is 0.673. The molecule has 0 aliphatic carbocycles. The van der Waals surface area contributed by atoms with E-state index >= 15 is 0 Å². The Morgan fingerprint density at radius 1 is 0.444 bits per heavy atom. The van der Waals surface area contributed by atoms with Gasteiger partial charge < -0.3 is 4.42 Å². The van der Waals surface area contributed by atoms with Gasteiger partial charge in [0.25, 0.3) is 0 Å². The number of benzene rings is 4. The molecule has 5 aromatic heterocycles. The van der Waals surface area contributed by atoms with E-state index in [9.17, 15) is 0 Å². The van der Waals surface area contributed by atoms with Gasteiger partial charge in [0.1, 0.15) is 22.6 Å². The highest BCUT2D eigenvalue weighted by Gasteiger charge is 2.19. The summed E-state index contributed by atoms with van der Waals surface area (Å²) in [5.74, 6) is 1.49. The molecule has 0 bridgehead atoms. The van der Waals surface area contributed by atoms with Crippen molar-refractivity contribution >= 4 is 43.6 Å². The normalized spacial score (nSPS) is 11.6. The fourth-order valence-electron chi connectivity index (χ4n) is 5.97. The van der Waals surface area contributed by atoms with Crippen LogP contribution in [0, 0.1) is 0 Å². The van der Waals surface area contributed by atoms with E-state index in [-0.39, 0.29) is 0 Å². The topological polar surface area (TPSA) is 90.5 Å². The number of hydrogen-bond acceptors (Lipinski definition) is 7. The molecule has 0 saturated carbocycles. The van der Waals surface area contributed by atoms with Crippen LogP contribution in [0.2, 0.25) is 0 Å².